The first-order valence-corrected chi connectivity index (χ1v) is 43.7. The van der Waals surface area contributed by atoms with Crippen LogP contribution in [0.2, 0.25) is 0 Å². The number of aromatic nitrogens is 7. The van der Waals surface area contributed by atoms with Gasteiger partial charge in [0, 0.05) is 143 Å². The van der Waals surface area contributed by atoms with Gasteiger partial charge >= 0.3 is 0 Å². The van der Waals surface area contributed by atoms with Gasteiger partial charge in [-0.25, -0.2) is 34.9 Å². The Labute approximate surface area is 698 Å². The maximum Gasteiger partial charge on any atom is 0.171 e. The Hall–Kier alpha value is -14.4. The predicted molar refractivity (Wildman–Crippen MR) is 503 cm³/mol. The number of hydrogen-bond donors (Lipinski definition) is 0. The highest BCUT2D eigenvalue weighted by Crippen LogP contribution is 2.48. The number of nitrogens with zero attached hydrogens (tertiary/aromatic N) is 7. The van der Waals surface area contributed by atoms with Gasteiger partial charge < -0.3 is 4.57 Å². The van der Waals surface area contributed by atoms with Crippen molar-refractivity contribution in [1.82, 2.24) is 34.9 Å². The first-order valence-electron chi connectivity index (χ1n) is 39.5. The SMILES string of the molecule is O=P(c1ccccc1)(c1ccccc1)c1ccc(-c2nc3ccccc3c3sc4ccccc4c23)cc1.c1ccc(-c2cc(-c3ccc(-c4nc5ccccc5c5sc6ccccc6c45)cc3)nc(-c3ccccc3)n2)cc1.c1ccc(-c2cc(-c3ccccc3)nc(-c3ccc(-c4nc5ccccc5c5sc6ccccc6c45)cc3)n2)cc1. The summed E-state index contributed by atoms with van der Waals surface area (Å²) in [6.45, 7) is 0. The normalized spacial score (nSPS) is 11.6. The molecule has 560 valence electrons. The molecular weight excluding hydrogens is 1530 g/mol. The summed E-state index contributed by atoms with van der Waals surface area (Å²) in [6.07, 6.45) is 0. The quantitative estimate of drug-likeness (QED) is 0.111. The largest absolute Gasteiger partial charge is 0.309 e. The fourth-order valence-corrected chi connectivity index (χ4v) is 22.5. The highest BCUT2D eigenvalue weighted by Gasteiger charge is 2.30. The number of fused-ring (bicyclic) bond motifs is 15. The van der Waals surface area contributed by atoms with Crippen LogP contribution in [0.5, 0.6) is 0 Å². The first-order chi connectivity index (χ1) is 58.9. The molecule has 0 fully saturated rings. The van der Waals surface area contributed by atoms with Gasteiger partial charge in [0.2, 0.25) is 0 Å². The molecule has 0 amide bonds. The number of hydrogen-bond acceptors (Lipinski definition) is 11. The van der Waals surface area contributed by atoms with Crippen molar-refractivity contribution in [2.75, 3.05) is 0 Å². The van der Waals surface area contributed by atoms with E-state index in [1.807, 2.05) is 186 Å². The Kier molecular flexibility index (Phi) is 19.0. The zero-order valence-corrected chi connectivity index (χ0v) is 67.3. The average molecular weight is 1590 g/mol. The smallest absolute Gasteiger partial charge is 0.171 e. The molecule has 8 nitrogen and oxygen atoms in total. The second-order valence-corrected chi connectivity index (χ2v) is 35.1. The lowest BCUT2D eigenvalue weighted by molar-refractivity contribution is 0.592. The van der Waals surface area contributed by atoms with E-state index in [1.54, 1.807) is 0 Å². The van der Waals surface area contributed by atoms with Gasteiger partial charge in [-0.15, -0.1) is 34.0 Å². The highest BCUT2D eigenvalue weighted by atomic mass is 32.1. The summed E-state index contributed by atoms with van der Waals surface area (Å²) in [7, 11) is -3.02. The summed E-state index contributed by atoms with van der Waals surface area (Å²) in [6, 6.07) is 141. The maximum absolute atomic E-state index is 14.8. The van der Waals surface area contributed by atoms with Gasteiger partial charge in [-0.2, -0.15) is 0 Å². The van der Waals surface area contributed by atoms with Crippen LogP contribution >= 0.6 is 41.2 Å². The minimum absolute atomic E-state index is 0.703. The number of rotatable bonds is 12. The molecule has 12 heteroatoms. The lowest BCUT2D eigenvalue weighted by atomic mass is 10.0. The molecule has 15 aromatic carbocycles. The third-order valence-electron chi connectivity index (χ3n) is 21.9. The molecular formula is C107H68N7OPS3. The standard InChI is InChI=1S/2C37H23N3S.C33H22NOPS/c1-3-11-24(12-4-1)31-23-32(40-37(39-31)27-13-5-2-6-14-27)25-19-21-26(22-20-25)35-34-29-16-8-10-18-33(29)41-36(34)28-15-7-9-17-30(28)38-35;1-3-11-24(12-4-1)31-23-32(25-13-5-2-6-14-25)40-37(39-31)27-21-19-26(20-22-27)35-34-29-16-8-10-18-33(29)41-36(34)28-15-7-9-17-30(28)38-35;35-36(24-11-3-1-4-12-24,25-13-5-2-6-14-25)26-21-19-23(20-22-26)32-31-28-16-8-10-18-30(28)37-33(31)27-15-7-9-17-29(27)34-32/h2*1-23H;1-22H. The van der Waals surface area contributed by atoms with Crippen LogP contribution in [0, 0.1) is 0 Å². The number of para-hydroxylation sites is 3. The van der Waals surface area contributed by atoms with Crippen LogP contribution in [-0.2, 0) is 4.57 Å². The predicted octanol–water partition coefficient (Wildman–Crippen LogP) is 28.0. The van der Waals surface area contributed by atoms with E-state index in [0.717, 1.165) is 122 Å². The summed E-state index contributed by atoms with van der Waals surface area (Å²) < 4.78 is 22.4. The van der Waals surface area contributed by atoms with Crippen molar-refractivity contribution < 1.29 is 4.57 Å². The van der Waals surface area contributed by atoms with Gasteiger partial charge in [-0.3, -0.25) is 0 Å². The topological polar surface area (TPSA) is 107 Å². The molecule has 0 bridgehead atoms. The van der Waals surface area contributed by atoms with E-state index in [2.05, 4.69) is 261 Å². The highest BCUT2D eigenvalue weighted by molar-refractivity contribution is 7.85. The molecule has 23 aromatic rings. The minimum atomic E-state index is -3.02. The van der Waals surface area contributed by atoms with Gasteiger partial charge in [0.15, 0.2) is 18.8 Å². The molecule has 0 radical (unpaired) electrons. The molecule has 23 rings (SSSR count). The van der Waals surface area contributed by atoms with Crippen LogP contribution in [0.1, 0.15) is 0 Å². The summed E-state index contributed by atoms with van der Waals surface area (Å²) in [5, 5.41) is 13.4. The molecule has 0 N–H and O–H groups in total. The van der Waals surface area contributed by atoms with Crippen molar-refractivity contribution in [3.8, 4) is 102 Å². The monoisotopic (exact) mass is 1590 g/mol. The molecule has 0 aliphatic rings. The molecule has 0 atom stereocenters. The van der Waals surface area contributed by atoms with E-state index in [-0.39, 0.29) is 0 Å². The Morgan fingerprint density at radius 3 is 0.748 bits per heavy atom. The van der Waals surface area contributed by atoms with Crippen molar-refractivity contribution in [3.63, 3.8) is 0 Å². The number of thiophene rings is 3. The van der Waals surface area contributed by atoms with E-state index in [4.69, 9.17) is 34.9 Å². The second kappa shape index (κ2) is 31.3. The lowest BCUT2D eigenvalue weighted by Gasteiger charge is -2.20. The Balaban J connectivity index is 0.000000111. The fraction of sp³-hybridized carbons (Fsp3) is 0. The zero-order valence-electron chi connectivity index (χ0n) is 64.0. The Morgan fingerprint density at radius 1 is 0.193 bits per heavy atom. The third kappa shape index (κ3) is 13.7. The molecule has 8 heterocycles. The Bertz CT molecular complexity index is 7310. The maximum atomic E-state index is 14.8. The minimum Gasteiger partial charge on any atom is -0.309 e. The van der Waals surface area contributed by atoms with Crippen molar-refractivity contribution in [2.24, 2.45) is 0 Å². The van der Waals surface area contributed by atoms with E-state index >= 15 is 0 Å². The fourth-order valence-electron chi connectivity index (χ4n) is 16.1. The van der Waals surface area contributed by atoms with Crippen LogP contribution in [0.15, 0.2) is 413 Å². The molecule has 8 aromatic heterocycles. The average Bonchev–Trinajstić information content (AvgIpc) is 1.72. The molecule has 0 saturated heterocycles. The molecule has 0 unspecified atom stereocenters. The van der Waals surface area contributed by atoms with Crippen LogP contribution in [0.25, 0.3) is 195 Å². The molecule has 0 aliphatic carbocycles. The van der Waals surface area contributed by atoms with Crippen LogP contribution in [-0.4, -0.2) is 34.9 Å². The van der Waals surface area contributed by atoms with Crippen molar-refractivity contribution >= 4 is 150 Å². The summed E-state index contributed by atoms with van der Waals surface area (Å²) in [4.78, 5) is 35.4. The summed E-state index contributed by atoms with van der Waals surface area (Å²) in [5.41, 5.74) is 19.0. The zero-order chi connectivity index (χ0) is 79.2. The van der Waals surface area contributed by atoms with Gasteiger partial charge in [0.05, 0.1) is 56.4 Å². The van der Waals surface area contributed by atoms with Crippen LogP contribution in [0.3, 0.4) is 0 Å². The Morgan fingerprint density at radius 2 is 0.420 bits per heavy atom. The van der Waals surface area contributed by atoms with Crippen molar-refractivity contribution in [2.45, 2.75) is 0 Å². The van der Waals surface area contributed by atoms with Crippen molar-refractivity contribution in [3.05, 3.63) is 413 Å². The van der Waals surface area contributed by atoms with E-state index in [9.17, 15) is 4.57 Å². The number of benzene rings is 15. The van der Waals surface area contributed by atoms with Crippen LogP contribution in [0.4, 0.5) is 0 Å². The van der Waals surface area contributed by atoms with Crippen LogP contribution < -0.4 is 15.9 Å². The van der Waals surface area contributed by atoms with Gasteiger partial charge in [-0.1, -0.05) is 364 Å². The summed E-state index contributed by atoms with van der Waals surface area (Å²) in [5.74, 6) is 1.42. The number of pyridine rings is 3. The second-order valence-electron chi connectivity index (χ2n) is 29.2. The van der Waals surface area contributed by atoms with Crippen molar-refractivity contribution in [1.29, 1.82) is 0 Å². The molecule has 119 heavy (non-hydrogen) atoms. The van der Waals surface area contributed by atoms with E-state index < -0.39 is 7.14 Å². The van der Waals surface area contributed by atoms with Gasteiger partial charge in [0.1, 0.15) is 0 Å². The molecule has 0 aliphatic heterocycles. The summed E-state index contributed by atoms with van der Waals surface area (Å²) >= 11 is 5.50. The molecule has 0 saturated carbocycles. The first kappa shape index (κ1) is 72.3. The van der Waals surface area contributed by atoms with E-state index in [0.29, 0.717) is 11.6 Å². The molecule has 0 spiro atoms. The third-order valence-corrected chi connectivity index (χ3v) is 28.6. The van der Waals surface area contributed by atoms with Gasteiger partial charge in [0.25, 0.3) is 0 Å². The lowest BCUT2D eigenvalue weighted by Crippen LogP contribution is -2.24. The van der Waals surface area contributed by atoms with E-state index in [1.165, 1.54) is 76.7 Å². The van der Waals surface area contributed by atoms with Gasteiger partial charge in [-0.05, 0) is 48.5 Å².